The lowest BCUT2D eigenvalue weighted by Crippen LogP contribution is -2.46. The van der Waals surface area contributed by atoms with Crippen LogP contribution in [0, 0.1) is 5.92 Å². The third kappa shape index (κ3) is 3.99. The molecule has 0 saturated carbocycles. The van der Waals surface area contributed by atoms with E-state index in [-0.39, 0.29) is 11.9 Å². The van der Waals surface area contributed by atoms with E-state index >= 15 is 0 Å². The molecule has 1 heterocycles. The first-order valence-electron chi connectivity index (χ1n) is 5.75. The molecular weight excluding hydrogens is 212 g/mol. The van der Waals surface area contributed by atoms with Crippen molar-refractivity contribution < 1.29 is 4.79 Å². The van der Waals surface area contributed by atoms with Crippen LogP contribution in [0.5, 0.6) is 0 Å². The third-order valence-corrected chi connectivity index (χ3v) is 3.33. The molecule has 0 unspecified atom stereocenters. The van der Waals surface area contributed by atoms with Gasteiger partial charge in [0.1, 0.15) is 0 Å². The Bertz CT molecular complexity index is 203. The van der Waals surface area contributed by atoms with Crippen molar-refractivity contribution in [2.24, 2.45) is 11.7 Å². The molecule has 1 aliphatic rings. The number of rotatable bonds is 4. The highest BCUT2D eigenvalue weighted by Gasteiger charge is 2.24. The van der Waals surface area contributed by atoms with Crippen molar-refractivity contribution in [1.82, 2.24) is 4.90 Å². The van der Waals surface area contributed by atoms with Crippen molar-refractivity contribution >= 4 is 17.5 Å². The molecule has 3 nitrogen and oxygen atoms in total. The van der Waals surface area contributed by atoms with Gasteiger partial charge in [-0.2, -0.15) is 0 Å². The topological polar surface area (TPSA) is 46.3 Å². The summed E-state index contributed by atoms with van der Waals surface area (Å²) in [5.74, 6) is 1.43. The fourth-order valence-electron chi connectivity index (χ4n) is 1.88. The summed E-state index contributed by atoms with van der Waals surface area (Å²) in [6, 6.07) is -0.350. The maximum absolute atomic E-state index is 11.9. The number of carbonyl (C=O) groups is 1. The van der Waals surface area contributed by atoms with Gasteiger partial charge < -0.3 is 10.6 Å². The summed E-state index contributed by atoms with van der Waals surface area (Å²) < 4.78 is 0. The van der Waals surface area contributed by atoms with Crippen LogP contribution in [0.3, 0.4) is 0 Å². The quantitative estimate of drug-likeness (QED) is 0.749. The molecule has 1 aliphatic heterocycles. The van der Waals surface area contributed by atoms with Gasteiger partial charge in [-0.1, -0.05) is 6.92 Å². The molecule has 1 fully saturated rings. The van der Waals surface area contributed by atoms with Crippen molar-refractivity contribution in [3.8, 4) is 0 Å². The van der Waals surface area contributed by atoms with Crippen LogP contribution in [-0.4, -0.2) is 35.8 Å². The van der Waals surface area contributed by atoms with Crippen molar-refractivity contribution in [2.45, 2.75) is 38.6 Å². The Balaban J connectivity index is 2.32. The largest absolute Gasteiger partial charge is 0.341 e. The predicted molar refractivity (Wildman–Crippen MR) is 62.9 cm³/mol. The molecule has 4 heteroatoms. The number of nitrogens with two attached hydrogens (primary N) is 1. The van der Waals surface area contributed by atoms with E-state index in [1.807, 2.05) is 4.90 Å². The Kier molecular flexibility index (Phi) is 5.40. The van der Waals surface area contributed by atoms with Gasteiger partial charge in [0.25, 0.3) is 0 Å². The number of alkyl halides is 1. The Morgan fingerprint density at radius 3 is 2.67 bits per heavy atom. The van der Waals surface area contributed by atoms with Crippen LogP contribution < -0.4 is 5.73 Å². The average Bonchev–Trinajstić information content (AvgIpc) is 2.26. The number of hydrogen-bond donors (Lipinski definition) is 1. The standard InChI is InChI=1S/C11H21ClN2O/c1-9-4-7-14(8-5-9)11(15)10(13)3-2-6-12/h9-10H,2-8,13H2,1H3/t10-/m0/s1. The first-order chi connectivity index (χ1) is 7.15. The number of halogens is 1. The number of piperidine rings is 1. The summed E-state index contributed by atoms with van der Waals surface area (Å²) >= 11 is 5.57. The molecule has 2 N–H and O–H groups in total. The predicted octanol–water partition coefficient (Wildman–Crippen LogP) is 1.59. The summed E-state index contributed by atoms with van der Waals surface area (Å²) in [4.78, 5) is 13.8. The Morgan fingerprint density at radius 1 is 1.53 bits per heavy atom. The van der Waals surface area contributed by atoms with Gasteiger partial charge in [0.2, 0.25) is 5.91 Å². The van der Waals surface area contributed by atoms with E-state index < -0.39 is 0 Å². The van der Waals surface area contributed by atoms with E-state index in [1.165, 1.54) is 0 Å². The smallest absolute Gasteiger partial charge is 0.239 e. The van der Waals surface area contributed by atoms with Gasteiger partial charge in [0.05, 0.1) is 6.04 Å². The lowest BCUT2D eigenvalue weighted by atomic mass is 9.98. The van der Waals surface area contributed by atoms with Crippen LogP contribution >= 0.6 is 11.6 Å². The molecule has 0 aromatic heterocycles. The van der Waals surface area contributed by atoms with Crippen LogP contribution in [0.2, 0.25) is 0 Å². The van der Waals surface area contributed by atoms with Gasteiger partial charge in [-0.15, -0.1) is 11.6 Å². The Labute approximate surface area is 96.9 Å². The summed E-state index contributed by atoms with van der Waals surface area (Å²) in [5.41, 5.74) is 5.82. The van der Waals surface area contributed by atoms with E-state index in [9.17, 15) is 4.79 Å². The van der Waals surface area contributed by atoms with Crippen molar-refractivity contribution in [1.29, 1.82) is 0 Å². The number of likely N-dealkylation sites (tertiary alicyclic amines) is 1. The zero-order chi connectivity index (χ0) is 11.3. The minimum atomic E-state index is -0.350. The van der Waals surface area contributed by atoms with E-state index in [0.717, 1.165) is 38.3 Å². The maximum Gasteiger partial charge on any atom is 0.239 e. The maximum atomic E-state index is 11.9. The minimum absolute atomic E-state index is 0.104. The molecule has 88 valence electrons. The Morgan fingerprint density at radius 2 is 2.13 bits per heavy atom. The minimum Gasteiger partial charge on any atom is -0.341 e. The number of amides is 1. The zero-order valence-corrected chi connectivity index (χ0v) is 10.2. The van der Waals surface area contributed by atoms with E-state index in [0.29, 0.717) is 12.3 Å². The highest BCUT2D eigenvalue weighted by Crippen LogP contribution is 2.16. The fourth-order valence-corrected chi connectivity index (χ4v) is 2.04. The van der Waals surface area contributed by atoms with Gasteiger partial charge in [-0.05, 0) is 31.6 Å². The monoisotopic (exact) mass is 232 g/mol. The summed E-state index contributed by atoms with van der Waals surface area (Å²) in [5, 5.41) is 0. The van der Waals surface area contributed by atoms with E-state index in [1.54, 1.807) is 0 Å². The van der Waals surface area contributed by atoms with Gasteiger partial charge >= 0.3 is 0 Å². The SMILES string of the molecule is CC1CCN(C(=O)[C@@H](N)CCCCl)CC1. The number of hydrogen-bond acceptors (Lipinski definition) is 2. The van der Waals surface area contributed by atoms with Gasteiger partial charge in [0.15, 0.2) is 0 Å². The lowest BCUT2D eigenvalue weighted by molar-refractivity contribution is -0.134. The molecule has 0 aliphatic carbocycles. The normalized spacial score (nSPS) is 20.3. The molecule has 0 aromatic carbocycles. The average molecular weight is 233 g/mol. The van der Waals surface area contributed by atoms with E-state index in [4.69, 9.17) is 17.3 Å². The molecule has 1 saturated heterocycles. The molecule has 0 spiro atoms. The molecular formula is C11H21ClN2O. The third-order valence-electron chi connectivity index (χ3n) is 3.06. The van der Waals surface area contributed by atoms with Crippen LogP contribution in [-0.2, 0) is 4.79 Å². The van der Waals surface area contributed by atoms with Crippen LogP contribution in [0.4, 0.5) is 0 Å². The Hall–Kier alpha value is -0.280. The zero-order valence-electron chi connectivity index (χ0n) is 9.42. The molecule has 15 heavy (non-hydrogen) atoms. The molecule has 0 aromatic rings. The summed E-state index contributed by atoms with van der Waals surface area (Å²) in [7, 11) is 0. The van der Waals surface area contributed by atoms with E-state index in [2.05, 4.69) is 6.92 Å². The van der Waals surface area contributed by atoms with Crippen LogP contribution in [0.25, 0.3) is 0 Å². The van der Waals surface area contributed by atoms with Crippen molar-refractivity contribution in [3.63, 3.8) is 0 Å². The molecule has 1 atom stereocenters. The van der Waals surface area contributed by atoms with Gasteiger partial charge in [-0.3, -0.25) is 4.79 Å². The number of carbonyl (C=O) groups excluding carboxylic acids is 1. The summed E-state index contributed by atoms with van der Waals surface area (Å²) in [6.07, 6.45) is 3.73. The molecule has 0 bridgehead atoms. The second-order valence-electron chi connectivity index (χ2n) is 4.45. The van der Waals surface area contributed by atoms with Crippen LogP contribution in [0.15, 0.2) is 0 Å². The number of nitrogens with zero attached hydrogens (tertiary/aromatic N) is 1. The fraction of sp³-hybridized carbons (Fsp3) is 0.909. The molecule has 1 amide bonds. The van der Waals surface area contributed by atoms with Crippen molar-refractivity contribution in [3.05, 3.63) is 0 Å². The summed E-state index contributed by atoms with van der Waals surface area (Å²) in [6.45, 7) is 3.97. The second-order valence-corrected chi connectivity index (χ2v) is 4.82. The first kappa shape index (κ1) is 12.8. The molecule has 1 rings (SSSR count). The highest BCUT2D eigenvalue weighted by molar-refractivity contribution is 6.17. The van der Waals surface area contributed by atoms with Gasteiger partial charge in [-0.25, -0.2) is 0 Å². The second kappa shape index (κ2) is 6.33. The van der Waals surface area contributed by atoms with Crippen LogP contribution in [0.1, 0.15) is 32.6 Å². The van der Waals surface area contributed by atoms with Gasteiger partial charge in [0, 0.05) is 19.0 Å². The molecule has 0 radical (unpaired) electrons. The lowest BCUT2D eigenvalue weighted by Gasteiger charge is -2.32. The highest BCUT2D eigenvalue weighted by atomic mass is 35.5. The van der Waals surface area contributed by atoms with Crippen molar-refractivity contribution in [2.75, 3.05) is 19.0 Å². The first-order valence-corrected chi connectivity index (χ1v) is 6.29.